The number of halogens is 1. The molecule has 27 heavy (non-hydrogen) atoms. The molecule has 1 heterocycles. The Balaban J connectivity index is 1.67. The minimum absolute atomic E-state index is 0.148. The summed E-state index contributed by atoms with van der Waals surface area (Å²) < 4.78 is 1.71. The summed E-state index contributed by atoms with van der Waals surface area (Å²) in [6.45, 7) is 0. The van der Waals surface area contributed by atoms with Crippen molar-refractivity contribution >= 4 is 54.9 Å². The van der Waals surface area contributed by atoms with Crippen LogP contribution < -0.4 is 5.32 Å². The normalized spacial score (nSPS) is 10.7. The standard InChI is InChI=1S/C21H13BrN2O2S/c22-15-7-9-17(16(11-15)20(25)13-4-2-1-3-5-13)24-21(26)14-6-8-18-19(10-14)27-12-23-18/h1-12H,(H,24,26). The molecular weight excluding hydrogens is 424 g/mol. The molecule has 1 N–H and O–H groups in total. The van der Waals surface area contributed by atoms with Gasteiger partial charge in [0.15, 0.2) is 5.78 Å². The average molecular weight is 437 g/mol. The molecule has 0 bridgehead atoms. The summed E-state index contributed by atoms with van der Waals surface area (Å²) in [6, 6.07) is 19.6. The molecule has 0 aliphatic heterocycles. The number of benzene rings is 3. The van der Waals surface area contributed by atoms with Crippen LogP contribution in [-0.4, -0.2) is 16.7 Å². The van der Waals surface area contributed by atoms with Gasteiger partial charge in [-0.3, -0.25) is 9.59 Å². The number of ketones is 1. The fourth-order valence-corrected chi connectivity index (χ4v) is 3.83. The summed E-state index contributed by atoms with van der Waals surface area (Å²) in [5, 5.41) is 2.87. The molecular formula is C21H13BrN2O2S. The van der Waals surface area contributed by atoms with E-state index in [0.717, 1.165) is 14.7 Å². The minimum atomic E-state index is -0.269. The number of carbonyl (C=O) groups is 2. The molecule has 6 heteroatoms. The molecule has 0 unspecified atom stereocenters. The van der Waals surface area contributed by atoms with Crippen molar-refractivity contribution in [1.29, 1.82) is 0 Å². The third-order valence-electron chi connectivity index (χ3n) is 4.10. The van der Waals surface area contributed by atoms with Gasteiger partial charge < -0.3 is 5.32 Å². The van der Waals surface area contributed by atoms with Crippen molar-refractivity contribution in [1.82, 2.24) is 4.98 Å². The van der Waals surface area contributed by atoms with Crippen LogP contribution in [0, 0.1) is 0 Å². The molecule has 4 rings (SSSR count). The SMILES string of the molecule is O=C(Nc1ccc(Br)cc1C(=O)c1ccccc1)c1ccc2ncsc2c1. The van der Waals surface area contributed by atoms with Gasteiger partial charge >= 0.3 is 0 Å². The van der Waals surface area contributed by atoms with E-state index in [2.05, 4.69) is 26.2 Å². The van der Waals surface area contributed by atoms with Crippen LogP contribution in [0.4, 0.5) is 5.69 Å². The molecule has 1 aromatic heterocycles. The fraction of sp³-hybridized carbons (Fsp3) is 0. The van der Waals surface area contributed by atoms with Crippen LogP contribution in [0.2, 0.25) is 0 Å². The van der Waals surface area contributed by atoms with E-state index in [1.165, 1.54) is 11.3 Å². The van der Waals surface area contributed by atoms with E-state index >= 15 is 0 Å². The molecule has 132 valence electrons. The topological polar surface area (TPSA) is 59.1 Å². The molecule has 4 nitrogen and oxygen atoms in total. The highest BCUT2D eigenvalue weighted by molar-refractivity contribution is 9.10. The first kappa shape index (κ1) is 17.6. The zero-order valence-electron chi connectivity index (χ0n) is 14.0. The molecule has 4 aromatic rings. The second-order valence-electron chi connectivity index (χ2n) is 5.87. The van der Waals surface area contributed by atoms with Crippen LogP contribution >= 0.6 is 27.3 Å². The van der Waals surface area contributed by atoms with E-state index in [-0.39, 0.29) is 11.7 Å². The molecule has 0 saturated carbocycles. The summed E-state index contributed by atoms with van der Waals surface area (Å²) >= 11 is 4.88. The fourth-order valence-electron chi connectivity index (χ4n) is 2.75. The molecule has 3 aromatic carbocycles. The molecule has 1 amide bonds. The Hall–Kier alpha value is -2.83. The number of hydrogen-bond donors (Lipinski definition) is 1. The lowest BCUT2D eigenvalue weighted by molar-refractivity contribution is 0.102. The van der Waals surface area contributed by atoms with Gasteiger partial charge in [-0.1, -0.05) is 46.3 Å². The van der Waals surface area contributed by atoms with Gasteiger partial charge in [0.2, 0.25) is 0 Å². The lowest BCUT2D eigenvalue weighted by Gasteiger charge is -2.11. The number of aromatic nitrogens is 1. The minimum Gasteiger partial charge on any atom is -0.321 e. The number of fused-ring (bicyclic) bond motifs is 1. The lowest BCUT2D eigenvalue weighted by Crippen LogP contribution is -2.15. The Bertz CT molecular complexity index is 1160. The van der Waals surface area contributed by atoms with Crippen molar-refractivity contribution < 1.29 is 9.59 Å². The molecule has 0 spiro atoms. The number of hydrogen-bond acceptors (Lipinski definition) is 4. The zero-order valence-corrected chi connectivity index (χ0v) is 16.4. The molecule has 0 aliphatic carbocycles. The van der Waals surface area contributed by atoms with Gasteiger partial charge in [0.1, 0.15) is 0 Å². The number of amides is 1. The largest absolute Gasteiger partial charge is 0.321 e. The van der Waals surface area contributed by atoms with Crippen LogP contribution in [0.25, 0.3) is 10.2 Å². The first-order chi connectivity index (χ1) is 13.1. The highest BCUT2D eigenvalue weighted by Crippen LogP contribution is 2.25. The quantitative estimate of drug-likeness (QED) is 0.427. The third kappa shape index (κ3) is 3.67. The molecule has 0 fully saturated rings. The van der Waals surface area contributed by atoms with Crippen LogP contribution in [0.15, 0.2) is 76.7 Å². The third-order valence-corrected chi connectivity index (χ3v) is 5.39. The number of nitrogens with one attached hydrogen (secondary N) is 1. The van der Waals surface area contributed by atoms with E-state index in [1.807, 2.05) is 24.3 Å². The number of rotatable bonds is 4. The van der Waals surface area contributed by atoms with Gasteiger partial charge in [-0.05, 0) is 36.4 Å². The van der Waals surface area contributed by atoms with Gasteiger partial charge in [0, 0.05) is 21.2 Å². The van der Waals surface area contributed by atoms with Gasteiger partial charge in [-0.2, -0.15) is 0 Å². The number of carbonyl (C=O) groups excluding carboxylic acids is 2. The molecule has 0 atom stereocenters. The summed E-state index contributed by atoms with van der Waals surface area (Å²) in [5.41, 5.74) is 4.60. The van der Waals surface area contributed by atoms with E-state index in [0.29, 0.717) is 22.4 Å². The number of thiazole rings is 1. The van der Waals surface area contributed by atoms with Crippen molar-refractivity contribution in [2.24, 2.45) is 0 Å². The van der Waals surface area contributed by atoms with Gasteiger partial charge in [0.25, 0.3) is 5.91 Å². The zero-order chi connectivity index (χ0) is 18.8. The summed E-state index contributed by atoms with van der Waals surface area (Å²) in [6.07, 6.45) is 0. The van der Waals surface area contributed by atoms with Crippen molar-refractivity contribution in [2.75, 3.05) is 5.32 Å². The van der Waals surface area contributed by atoms with Gasteiger partial charge in [-0.15, -0.1) is 11.3 Å². The first-order valence-corrected chi connectivity index (χ1v) is 9.83. The summed E-state index contributed by atoms with van der Waals surface area (Å²) in [7, 11) is 0. The van der Waals surface area contributed by atoms with E-state index in [9.17, 15) is 9.59 Å². The van der Waals surface area contributed by atoms with E-state index < -0.39 is 0 Å². The monoisotopic (exact) mass is 436 g/mol. The Morgan fingerprint density at radius 1 is 0.926 bits per heavy atom. The van der Waals surface area contributed by atoms with Crippen molar-refractivity contribution in [3.8, 4) is 0 Å². The predicted molar refractivity (Wildman–Crippen MR) is 112 cm³/mol. The van der Waals surface area contributed by atoms with Crippen LogP contribution in [-0.2, 0) is 0 Å². The Kier molecular flexibility index (Phi) is 4.83. The number of nitrogens with zero attached hydrogens (tertiary/aromatic N) is 1. The highest BCUT2D eigenvalue weighted by atomic mass is 79.9. The molecule has 0 radical (unpaired) electrons. The average Bonchev–Trinajstić information content (AvgIpc) is 3.17. The Labute approximate surface area is 168 Å². The highest BCUT2D eigenvalue weighted by Gasteiger charge is 2.17. The summed E-state index contributed by atoms with van der Waals surface area (Å²) in [5.74, 6) is -0.417. The lowest BCUT2D eigenvalue weighted by atomic mass is 10.0. The molecule has 0 aliphatic rings. The van der Waals surface area contributed by atoms with E-state index in [1.54, 1.807) is 48.0 Å². The van der Waals surface area contributed by atoms with Gasteiger partial charge in [0.05, 0.1) is 21.4 Å². The number of anilines is 1. The smallest absolute Gasteiger partial charge is 0.255 e. The first-order valence-electron chi connectivity index (χ1n) is 8.16. The maximum atomic E-state index is 12.9. The van der Waals surface area contributed by atoms with Crippen LogP contribution in [0.1, 0.15) is 26.3 Å². The molecule has 0 saturated heterocycles. The van der Waals surface area contributed by atoms with Crippen molar-refractivity contribution in [3.05, 3.63) is 93.4 Å². The van der Waals surface area contributed by atoms with Crippen LogP contribution in [0.3, 0.4) is 0 Å². The predicted octanol–water partition coefficient (Wildman–Crippen LogP) is 5.54. The second-order valence-corrected chi connectivity index (χ2v) is 7.68. The van der Waals surface area contributed by atoms with Crippen molar-refractivity contribution in [2.45, 2.75) is 0 Å². The Morgan fingerprint density at radius 2 is 1.74 bits per heavy atom. The van der Waals surface area contributed by atoms with E-state index in [4.69, 9.17) is 0 Å². The van der Waals surface area contributed by atoms with Gasteiger partial charge in [-0.25, -0.2) is 4.98 Å². The maximum absolute atomic E-state index is 12.9. The Morgan fingerprint density at radius 3 is 2.56 bits per heavy atom. The van der Waals surface area contributed by atoms with Crippen molar-refractivity contribution in [3.63, 3.8) is 0 Å². The van der Waals surface area contributed by atoms with Crippen LogP contribution in [0.5, 0.6) is 0 Å². The summed E-state index contributed by atoms with van der Waals surface area (Å²) in [4.78, 5) is 29.8. The maximum Gasteiger partial charge on any atom is 0.255 e. The second kappa shape index (κ2) is 7.42.